The van der Waals surface area contributed by atoms with Crippen LogP contribution in [0.4, 0.5) is 0 Å². The van der Waals surface area contributed by atoms with Gasteiger partial charge in [-0.05, 0) is 13.0 Å². The van der Waals surface area contributed by atoms with Crippen LogP contribution >= 0.6 is 11.3 Å². The summed E-state index contributed by atoms with van der Waals surface area (Å²) < 4.78 is 15.1. The van der Waals surface area contributed by atoms with Crippen LogP contribution < -0.4 is 0 Å². The standard InChI is InChI=1S/C20H20N2O6S/c1-12-17(20(25)28-10-8-26-7-9-27-13(2)23)22-19(29-12)18(24)15-11-21-16-6-4-3-5-14(15)16/h3-6,11,21H,7-10H2,1-2H3. The van der Waals surface area contributed by atoms with E-state index in [-0.39, 0.29) is 48.9 Å². The number of esters is 2. The number of aromatic amines is 1. The summed E-state index contributed by atoms with van der Waals surface area (Å²) in [4.78, 5) is 43.6. The van der Waals surface area contributed by atoms with Gasteiger partial charge in [0.2, 0.25) is 5.78 Å². The Hall–Kier alpha value is -3.04. The van der Waals surface area contributed by atoms with Crippen LogP contribution in [-0.2, 0) is 19.0 Å². The van der Waals surface area contributed by atoms with Crippen LogP contribution in [0.25, 0.3) is 10.9 Å². The van der Waals surface area contributed by atoms with Crippen LogP contribution in [0, 0.1) is 6.92 Å². The number of H-pyrrole nitrogens is 1. The number of thiazole rings is 1. The Bertz CT molecular complexity index is 1040. The molecule has 152 valence electrons. The van der Waals surface area contributed by atoms with Crippen LogP contribution in [0.1, 0.15) is 37.7 Å². The minimum absolute atomic E-state index is 0.0294. The molecule has 8 nitrogen and oxygen atoms in total. The van der Waals surface area contributed by atoms with E-state index in [1.54, 1.807) is 13.1 Å². The molecule has 0 amide bonds. The molecule has 2 heterocycles. The van der Waals surface area contributed by atoms with Gasteiger partial charge in [0.25, 0.3) is 0 Å². The zero-order valence-electron chi connectivity index (χ0n) is 16.0. The SMILES string of the molecule is CC(=O)OCCOCCOC(=O)c1nc(C(=O)c2c[nH]c3ccccc23)sc1C. The fourth-order valence-electron chi connectivity index (χ4n) is 2.67. The third kappa shape index (κ3) is 5.07. The number of aryl methyl sites for hydroxylation is 1. The summed E-state index contributed by atoms with van der Waals surface area (Å²) in [5, 5.41) is 1.04. The smallest absolute Gasteiger partial charge is 0.358 e. The summed E-state index contributed by atoms with van der Waals surface area (Å²) in [7, 11) is 0. The average Bonchev–Trinajstić information content (AvgIpc) is 3.30. The third-order valence-electron chi connectivity index (χ3n) is 4.01. The lowest BCUT2D eigenvalue weighted by Crippen LogP contribution is -2.14. The molecule has 0 bridgehead atoms. The molecule has 0 aliphatic carbocycles. The van der Waals surface area contributed by atoms with E-state index in [1.807, 2.05) is 24.3 Å². The lowest BCUT2D eigenvalue weighted by Gasteiger charge is -2.05. The minimum Gasteiger partial charge on any atom is -0.463 e. The summed E-state index contributed by atoms with van der Waals surface area (Å²) in [5.74, 6) is -1.24. The highest BCUT2D eigenvalue weighted by atomic mass is 32.1. The van der Waals surface area contributed by atoms with Gasteiger partial charge in [-0.3, -0.25) is 9.59 Å². The molecule has 0 radical (unpaired) electrons. The number of rotatable bonds is 9. The Morgan fingerprint density at radius 1 is 1.07 bits per heavy atom. The van der Waals surface area contributed by atoms with Gasteiger partial charge in [0, 0.05) is 28.9 Å². The number of fused-ring (bicyclic) bond motifs is 1. The van der Waals surface area contributed by atoms with Crippen molar-refractivity contribution in [1.29, 1.82) is 0 Å². The van der Waals surface area contributed by atoms with Crippen LogP contribution in [0.3, 0.4) is 0 Å². The molecular weight excluding hydrogens is 396 g/mol. The number of aromatic nitrogens is 2. The Labute approximate surface area is 170 Å². The first kappa shape index (κ1) is 20.7. The maximum atomic E-state index is 12.8. The van der Waals surface area contributed by atoms with Gasteiger partial charge in [0.1, 0.15) is 13.2 Å². The van der Waals surface area contributed by atoms with E-state index in [0.29, 0.717) is 10.4 Å². The molecule has 1 N–H and O–H groups in total. The normalized spacial score (nSPS) is 10.8. The zero-order chi connectivity index (χ0) is 20.8. The minimum atomic E-state index is -0.611. The van der Waals surface area contributed by atoms with Gasteiger partial charge in [0.05, 0.1) is 18.8 Å². The highest BCUT2D eigenvalue weighted by Crippen LogP contribution is 2.25. The number of para-hydroxylation sites is 1. The van der Waals surface area contributed by atoms with Crippen molar-refractivity contribution < 1.29 is 28.6 Å². The summed E-state index contributed by atoms with van der Waals surface area (Å²) in [6.07, 6.45) is 1.65. The van der Waals surface area contributed by atoms with Crippen LogP contribution in [0.2, 0.25) is 0 Å². The monoisotopic (exact) mass is 416 g/mol. The molecule has 0 fully saturated rings. The molecular formula is C20H20N2O6S. The summed E-state index contributed by atoms with van der Waals surface area (Å²) in [6.45, 7) is 3.59. The van der Waals surface area contributed by atoms with Crippen LogP contribution in [-0.4, -0.2) is 54.1 Å². The first-order chi connectivity index (χ1) is 14.0. The lowest BCUT2D eigenvalue weighted by molar-refractivity contribution is -0.142. The van der Waals surface area contributed by atoms with E-state index in [2.05, 4.69) is 9.97 Å². The van der Waals surface area contributed by atoms with Crippen LogP contribution in [0.5, 0.6) is 0 Å². The molecule has 29 heavy (non-hydrogen) atoms. The molecule has 9 heteroatoms. The van der Waals surface area contributed by atoms with E-state index in [1.165, 1.54) is 6.92 Å². The summed E-state index contributed by atoms with van der Waals surface area (Å²) in [6, 6.07) is 7.48. The Morgan fingerprint density at radius 2 is 1.79 bits per heavy atom. The number of nitrogens with zero attached hydrogens (tertiary/aromatic N) is 1. The van der Waals surface area contributed by atoms with Crippen molar-refractivity contribution in [3.8, 4) is 0 Å². The van der Waals surface area contributed by atoms with Crippen molar-refractivity contribution in [2.24, 2.45) is 0 Å². The maximum Gasteiger partial charge on any atom is 0.358 e. The van der Waals surface area contributed by atoms with Crippen molar-refractivity contribution in [3.05, 3.63) is 51.6 Å². The van der Waals surface area contributed by atoms with Gasteiger partial charge in [-0.2, -0.15) is 0 Å². The number of ketones is 1. The van der Waals surface area contributed by atoms with E-state index in [0.717, 1.165) is 22.2 Å². The second-order valence-corrected chi connectivity index (χ2v) is 7.29. The molecule has 0 aliphatic heterocycles. The molecule has 0 unspecified atom stereocenters. The van der Waals surface area contributed by atoms with Gasteiger partial charge in [-0.25, -0.2) is 9.78 Å². The number of benzene rings is 1. The van der Waals surface area contributed by atoms with Gasteiger partial charge >= 0.3 is 11.9 Å². The van der Waals surface area contributed by atoms with Crippen molar-refractivity contribution in [2.45, 2.75) is 13.8 Å². The molecule has 0 aliphatic rings. The van der Waals surface area contributed by atoms with Gasteiger partial charge in [0.15, 0.2) is 10.7 Å². The molecule has 2 aromatic heterocycles. The van der Waals surface area contributed by atoms with Gasteiger partial charge < -0.3 is 19.2 Å². The van der Waals surface area contributed by atoms with E-state index in [9.17, 15) is 14.4 Å². The Balaban J connectivity index is 1.57. The van der Waals surface area contributed by atoms with Crippen molar-refractivity contribution in [2.75, 3.05) is 26.4 Å². The van der Waals surface area contributed by atoms with E-state index >= 15 is 0 Å². The number of carbonyl (C=O) groups is 3. The maximum absolute atomic E-state index is 12.8. The van der Waals surface area contributed by atoms with Crippen molar-refractivity contribution in [3.63, 3.8) is 0 Å². The quantitative estimate of drug-likeness (QED) is 0.325. The topological polar surface area (TPSA) is 108 Å². The largest absolute Gasteiger partial charge is 0.463 e. The summed E-state index contributed by atoms with van der Waals surface area (Å²) in [5.41, 5.74) is 1.49. The zero-order valence-corrected chi connectivity index (χ0v) is 16.8. The average molecular weight is 416 g/mol. The number of hydrogen-bond donors (Lipinski definition) is 1. The molecule has 3 aromatic rings. The Morgan fingerprint density at radius 3 is 2.55 bits per heavy atom. The first-order valence-electron chi connectivity index (χ1n) is 8.94. The van der Waals surface area contributed by atoms with Crippen molar-refractivity contribution >= 4 is 40.0 Å². The van der Waals surface area contributed by atoms with Gasteiger partial charge in [-0.15, -0.1) is 11.3 Å². The molecule has 1 aromatic carbocycles. The van der Waals surface area contributed by atoms with Gasteiger partial charge in [-0.1, -0.05) is 18.2 Å². The Kier molecular flexibility index (Phi) is 6.73. The van der Waals surface area contributed by atoms with E-state index in [4.69, 9.17) is 14.2 Å². The highest BCUT2D eigenvalue weighted by Gasteiger charge is 2.23. The highest BCUT2D eigenvalue weighted by molar-refractivity contribution is 7.14. The fourth-order valence-corrected chi connectivity index (χ4v) is 3.52. The number of ether oxygens (including phenoxy) is 3. The first-order valence-corrected chi connectivity index (χ1v) is 9.75. The third-order valence-corrected chi connectivity index (χ3v) is 4.98. The molecule has 0 saturated carbocycles. The predicted octanol–water partition coefficient (Wildman–Crippen LogP) is 2.90. The predicted molar refractivity (Wildman–Crippen MR) is 106 cm³/mol. The summed E-state index contributed by atoms with van der Waals surface area (Å²) >= 11 is 1.16. The number of carbonyl (C=O) groups excluding carboxylic acids is 3. The van der Waals surface area contributed by atoms with Crippen LogP contribution in [0.15, 0.2) is 30.5 Å². The molecule has 3 rings (SSSR count). The molecule has 0 saturated heterocycles. The number of hydrogen-bond acceptors (Lipinski definition) is 8. The van der Waals surface area contributed by atoms with E-state index < -0.39 is 5.97 Å². The van der Waals surface area contributed by atoms with Crippen molar-refractivity contribution in [1.82, 2.24) is 9.97 Å². The lowest BCUT2D eigenvalue weighted by atomic mass is 10.1. The second-order valence-electron chi connectivity index (χ2n) is 6.09. The fraction of sp³-hybridized carbons (Fsp3) is 0.300. The molecule has 0 spiro atoms. The second kappa shape index (κ2) is 9.44. The molecule has 0 atom stereocenters. The number of nitrogens with one attached hydrogen (secondary N) is 1.